The molecule has 3 atom stereocenters. The second-order valence-electron chi connectivity index (χ2n) is 7.97. The summed E-state index contributed by atoms with van der Waals surface area (Å²) in [5, 5.41) is 21.4. The van der Waals surface area contributed by atoms with Gasteiger partial charge < -0.3 is 25.8 Å². The van der Waals surface area contributed by atoms with Gasteiger partial charge >= 0.3 is 5.97 Å². The van der Waals surface area contributed by atoms with E-state index in [0.29, 0.717) is 11.3 Å². The van der Waals surface area contributed by atoms with Gasteiger partial charge in [-0.25, -0.2) is 4.79 Å². The molecule has 0 aromatic heterocycles. The molecule has 0 radical (unpaired) electrons. The summed E-state index contributed by atoms with van der Waals surface area (Å²) < 4.78 is 5.18. The third-order valence-corrected chi connectivity index (χ3v) is 6.75. The number of nitrogens with one attached hydrogen (secondary N) is 4. The highest BCUT2D eigenvalue weighted by molar-refractivity contribution is 8.03. The van der Waals surface area contributed by atoms with Crippen molar-refractivity contribution < 1.29 is 29.0 Å². The highest BCUT2D eigenvalue weighted by atomic mass is 32.2. The van der Waals surface area contributed by atoms with Gasteiger partial charge in [0, 0.05) is 18.7 Å². The number of carbonyl (C=O) groups is 4. The third kappa shape index (κ3) is 5.64. The van der Waals surface area contributed by atoms with Crippen LogP contribution in [0.4, 0.5) is 0 Å². The Hall–Kier alpha value is -3.83. The maximum atomic E-state index is 12.8. The molecule has 2 aromatic rings. The monoisotopic (exact) mass is 496 g/mol. The molecule has 0 aliphatic carbocycles. The van der Waals surface area contributed by atoms with Gasteiger partial charge in [-0.15, -0.1) is 11.8 Å². The molecule has 2 heterocycles. The predicted molar refractivity (Wildman–Crippen MR) is 128 cm³/mol. The maximum Gasteiger partial charge on any atom is 0.335 e. The van der Waals surface area contributed by atoms with E-state index in [1.165, 1.54) is 23.9 Å². The lowest BCUT2D eigenvalue weighted by Crippen LogP contribution is -2.65. The molecule has 2 aromatic carbocycles. The molecule has 2 aliphatic heterocycles. The molecule has 1 fully saturated rings. The number of amides is 3. The zero-order valence-corrected chi connectivity index (χ0v) is 19.6. The van der Waals surface area contributed by atoms with Gasteiger partial charge in [0.15, 0.2) is 6.17 Å². The Kier molecular flexibility index (Phi) is 7.37. The van der Waals surface area contributed by atoms with Gasteiger partial charge in [0.05, 0.1) is 24.0 Å². The van der Waals surface area contributed by atoms with Gasteiger partial charge in [-0.2, -0.15) is 0 Å². The SMILES string of the molecule is COc1cccc(CNC(=O)C2NC(=O)C3C(C(=O)NCc4ccc(C(=O)O)cc4)=CSC3N2)c1. The first-order valence-corrected chi connectivity index (χ1v) is 11.7. The molecule has 3 amide bonds. The van der Waals surface area contributed by atoms with Crippen LogP contribution in [0.3, 0.4) is 0 Å². The average Bonchev–Trinajstić information content (AvgIpc) is 3.31. The van der Waals surface area contributed by atoms with Crippen molar-refractivity contribution in [3.8, 4) is 5.75 Å². The Balaban J connectivity index is 1.30. The number of carboxylic acid groups (broad SMARTS) is 1. The number of hydrogen-bond acceptors (Lipinski definition) is 7. The summed E-state index contributed by atoms with van der Waals surface area (Å²) >= 11 is 1.28. The molecular weight excluding hydrogens is 472 g/mol. The molecule has 0 bridgehead atoms. The fourth-order valence-corrected chi connectivity index (χ4v) is 4.96. The predicted octanol–water partition coefficient (Wildman–Crippen LogP) is 0.945. The van der Waals surface area contributed by atoms with Crippen molar-refractivity contribution in [1.82, 2.24) is 21.3 Å². The molecule has 10 nitrogen and oxygen atoms in total. The fraction of sp³-hybridized carbons (Fsp3) is 0.250. The molecule has 182 valence electrons. The first-order valence-electron chi connectivity index (χ1n) is 10.8. The Morgan fingerprint density at radius 2 is 1.80 bits per heavy atom. The lowest BCUT2D eigenvalue weighted by molar-refractivity contribution is -0.134. The number of aromatic carboxylic acids is 1. The second kappa shape index (κ2) is 10.6. The van der Waals surface area contributed by atoms with Crippen LogP contribution in [0.5, 0.6) is 5.75 Å². The average molecular weight is 497 g/mol. The largest absolute Gasteiger partial charge is 0.497 e. The highest BCUT2D eigenvalue weighted by Crippen LogP contribution is 2.36. The molecular formula is C24H24N4O6S. The summed E-state index contributed by atoms with van der Waals surface area (Å²) in [5.41, 5.74) is 2.04. The maximum absolute atomic E-state index is 12.8. The molecule has 35 heavy (non-hydrogen) atoms. The third-order valence-electron chi connectivity index (χ3n) is 5.66. The lowest BCUT2D eigenvalue weighted by atomic mass is 9.96. The minimum Gasteiger partial charge on any atom is -0.497 e. The molecule has 4 rings (SSSR count). The Bertz CT molecular complexity index is 1180. The van der Waals surface area contributed by atoms with Crippen LogP contribution in [0.1, 0.15) is 21.5 Å². The van der Waals surface area contributed by atoms with Gasteiger partial charge in [0.1, 0.15) is 5.75 Å². The molecule has 0 spiro atoms. The molecule has 5 N–H and O–H groups in total. The standard InChI is InChI=1S/C24H24N4O6S/c1-34-16-4-2-3-14(9-16)11-26-22(31)19-27-21(30)18-17(12-35-23(18)28-19)20(29)25-10-13-5-7-15(8-6-13)24(32)33/h2-9,12,18-19,23,28H,10-11H2,1H3,(H,25,29)(H,26,31)(H,27,30)(H,32,33). The molecule has 1 saturated heterocycles. The van der Waals surface area contributed by atoms with Crippen molar-refractivity contribution in [3.05, 3.63) is 76.2 Å². The number of benzene rings is 2. The number of ether oxygens (including phenoxy) is 1. The number of fused-ring (bicyclic) bond motifs is 1. The van der Waals surface area contributed by atoms with Crippen LogP contribution in [-0.4, -0.2) is 47.4 Å². The summed E-state index contributed by atoms with van der Waals surface area (Å²) in [6.45, 7) is 0.452. The van der Waals surface area contributed by atoms with Crippen molar-refractivity contribution >= 4 is 35.5 Å². The minimum absolute atomic E-state index is 0.157. The fourth-order valence-electron chi connectivity index (χ4n) is 3.77. The Morgan fingerprint density at radius 3 is 2.51 bits per heavy atom. The molecule has 0 saturated carbocycles. The van der Waals surface area contributed by atoms with Crippen molar-refractivity contribution in [2.45, 2.75) is 24.6 Å². The summed E-state index contributed by atoms with van der Waals surface area (Å²) in [5.74, 6) is -2.28. The minimum atomic E-state index is -1.03. The van der Waals surface area contributed by atoms with E-state index in [1.807, 2.05) is 24.3 Å². The topological polar surface area (TPSA) is 146 Å². The van der Waals surface area contributed by atoms with Gasteiger partial charge in [-0.3, -0.25) is 19.7 Å². The molecule has 2 aliphatic rings. The Morgan fingerprint density at radius 1 is 1.06 bits per heavy atom. The van der Waals surface area contributed by atoms with Crippen molar-refractivity contribution in [1.29, 1.82) is 0 Å². The first-order chi connectivity index (χ1) is 16.9. The number of carbonyl (C=O) groups excluding carboxylic acids is 3. The second-order valence-corrected chi connectivity index (χ2v) is 8.99. The van der Waals surface area contributed by atoms with Crippen molar-refractivity contribution in [2.75, 3.05) is 7.11 Å². The number of methoxy groups -OCH3 is 1. The van der Waals surface area contributed by atoms with E-state index >= 15 is 0 Å². The van der Waals surface area contributed by atoms with E-state index in [-0.39, 0.29) is 24.6 Å². The van der Waals surface area contributed by atoms with Crippen molar-refractivity contribution in [2.24, 2.45) is 5.92 Å². The van der Waals surface area contributed by atoms with Crippen LogP contribution in [-0.2, 0) is 27.5 Å². The van der Waals surface area contributed by atoms with Crippen LogP contribution in [0.25, 0.3) is 0 Å². The first kappa shape index (κ1) is 24.3. The van der Waals surface area contributed by atoms with Crippen molar-refractivity contribution in [3.63, 3.8) is 0 Å². The van der Waals surface area contributed by atoms with Crippen LogP contribution in [0.2, 0.25) is 0 Å². The summed E-state index contributed by atoms with van der Waals surface area (Å²) in [6.07, 6.45) is -0.926. The molecule has 3 unspecified atom stereocenters. The van der Waals surface area contributed by atoms with E-state index in [2.05, 4.69) is 21.3 Å². The quantitative estimate of drug-likeness (QED) is 0.363. The van der Waals surface area contributed by atoms with E-state index in [9.17, 15) is 19.2 Å². The van der Waals surface area contributed by atoms with Gasteiger partial charge in [0.2, 0.25) is 11.8 Å². The van der Waals surface area contributed by atoms with Crippen LogP contribution in [0.15, 0.2) is 59.5 Å². The number of thioether (sulfide) groups is 1. The van der Waals surface area contributed by atoms with E-state index in [0.717, 1.165) is 11.1 Å². The van der Waals surface area contributed by atoms with E-state index < -0.39 is 35.2 Å². The van der Waals surface area contributed by atoms with Crippen LogP contribution >= 0.6 is 11.8 Å². The number of hydrogen-bond donors (Lipinski definition) is 5. The smallest absolute Gasteiger partial charge is 0.335 e. The zero-order chi connectivity index (χ0) is 24.9. The van der Waals surface area contributed by atoms with E-state index in [4.69, 9.17) is 9.84 Å². The van der Waals surface area contributed by atoms with Crippen LogP contribution < -0.4 is 26.0 Å². The summed E-state index contributed by atoms with van der Waals surface area (Å²) in [6, 6.07) is 13.5. The van der Waals surface area contributed by atoms with Crippen LogP contribution in [0, 0.1) is 5.92 Å². The van der Waals surface area contributed by atoms with Gasteiger partial charge in [-0.1, -0.05) is 24.3 Å². The van der Waals surface area contributed by atoms with Gasteiger partial charge in [0.25, 0.3) is 5.91 Å². The van der Waals surface area contributed by atoms with Gasteiger partial charge in [-0.05, 0) is 40.8 Å². The number of rotatable bonds is 8. The van der Waals surface area contributed by atoms with E-state index in [1.54, 1.807) is 24.7 Å². The number of carboxylic acids is 1. The summed E-state index contributed by atoms with van der Waals surface area (Å²) in [4.78, 5) is 49.1. The molecule has 11 heteroatoms. The summed E-state index contributed by atoms with van der Waals surface area (Å²) in [7, 11) is 1.57. The Labute approximate surface area is 205 Å². The highest BCUT2D eigenvalue weighted by Gasteiger charge is 2.45. The lowest BCUT2D eigenvalue weighted by Gasteiger charge is -2.33. The zero-order valence-electron chi connectivity index (χ0n) is 18.7. The normalized spacial score (nSPS) is 20.8.